The quantitative estimate of drug-likeness (QED) is 0.637. The average Bonchev–Trinajstić information content (AvgIpc) is 3.07. The number of nitrogens with one attached hydrogen (secondary N) is 3. The minimum Gasteiger partial charge on any atom is -0.375 e. The van der Waals surface area contributed by atoms with Crippen LogP contribution in [0.5, 0.6) is 0 Å². The Bertz CT molecular complexity index is 767. The van der Waals surface area contributed by atoms with Crippen molar-refractivity contribution in [2.45, 2.75) is 69.2 Å². The topological polar surface area (TPSA) is 103 Å². The van der Waals surface area contributed by atoms with Gasteiger partial charge >= 0.3 is 0 Å². The Morgan fingerprint density at radius 2 is 2.17 bits per heavy atom. The van der Waals surface area contributed by atoms with Crippen LogP contribution in [0.15, 0.2) is 11.1 Å². The number of piperidine rings is 1. The van der Waals surface area contributed by atoms with E-state index in [1.165, 1.54) is 0 Å². The molecule has 0 radical (unpaired) electrons. The summed E-state index contributed by atoms with van der Waals surface area (Å²) in [6.45, 7) is 2.59. The predicted molar refractivity (Wildman–Crippen MR) is 98.9 cm³/mol. The van der Waals surface area contributed by atoms with Gasteiger partial charge in [0.1, 0.15) is 18.4 Å². The van der Waals surface area contributed by atoms with Crippen molar-refractivity contribution in [3.8, 4) is 6.07 Å². The molecule has 0 spiro atoms. The van der Waals surface area contributed by atoms with Gasteiger partial charge in [0.15, 0.2) is 0 Å². The van der Waals surface area contributed by atoms with Crippen molar-refractivity contribution in [2.24, 2.45) is 11.8 Å². The summed E-state index contributed by atoms with van der Waals surface area (Å²) in [7, 11) is 0. The molecule has 2 saturated heterocycles. The molecule has 3 aliphatic heterocycles. The van der Waals surface area contributed by atoms with E-state index in [2.05, 4.69) is 22.0 Å². The van der Waals surface area contributed by atoms with E-state index in [4.69, 9.17) is 4.74 Å². The molecule has 158 valence electrons. The summed E-state index contributed by atoms with van der Waals surface area (Å²) in [6.07, 6.45) is -2.55. The van der Waals surface area contributed by atoms with Crippen LogP contribution in [0.1, 0.15) is 32.6 Å². The zero-order chi connectivity index (χ0) is 20.7. The third kappa shape index (κ3) is 3.76. The number of carbonyl (C=O) groups is 2. The van der Waals surface area contributed by atoms with E-state index in [0.29, 0.717) is 12.1 Å². The van der Waals surface area contributed by atoms with Gasteiger partial charge in [0, 0.05) is 36.3 Å². The van der Waals surface area contributed by atoms with Crippen molar-refractivity contribution >= 4 is 11.8 Å². The number of alkyl halides is 2. The number of hydrogen-bond acceptors (Lipinski definition) is 5. The molecule has 29 heavy (non-hydrogen) atoms. The highest BCUT2D eigenvalue weighted by atomic mass is 19.1. The summed E-state index contributed by atoms with van der Waals surface area (Å²) >= 11 is 0. The molecular formula is C20H26F2N4O3. The fourth-order valence-electron chi connectivity index (χ4n) is 5.35. The van der Waals surface area contributed by atoms with Crippen LogP contribution in [0.25, 0.3) is 0 Å². The fourth-order valence-corrected chi connectivity index (χ4v) is 5.35. The summed E-state index contributed by atoms with van der Waals surface area (Å²) in [5.74, 6) is -1.42. The number of halogens is 2. The molecule has 0 aromatic rings. The first-order valence-electron chi connectivity index (χ1n) is 10.2. The largest absolute Gasteiger partial charge is 0.375 e. The number of nitrogens with zero attached hydrogens (tertiary/aromatic N) is 1. The van der Waals surface area contributed by atoms with Crippen molar-refractivity contribution in [3.05, 3.63) is 11.1 Å². The first-order valence-corrected chi connectivity index (χ1v) is 10.2. The van der Waals surface area contributed by atoms with Gasteiger partial charge in [-0.1, -0.05) is 5.57 Å². The summed E-state index contributed by atoms with van der Waals surface area (Å²) < 4.78 is 33.4. The minimum absolute atomic E-state index is 0.118. The van der Waals surface area contributed by atoms with E-state index in [1.807, 2.05) is 0 Å². The van der Waals surface area contributed by atoms with E-state index < -0.39 is 42.4 Å². The predicted octanol–water partition coefficient (Wildman–Crippen LogP) is 0.663. The van der Waals surface area contributed by atoms with E-state index in [0.717, 1.165) is 12.0 Å². The lowest BCUT2D eigenvalue weighted by molar-refractivity contribution is -0.125. The van der Waals surface area contributed by atoms with Gasteiger partial charge < -0.3 is 20.7 Å². The Labute approximate surface area is 168 Å². The van der Waals surface area contributed by atoms with E-state index >= 15 is 0 Å². The molecule has 0 aromatic carbocycles. The molecule has 7 nitrogen and oxygen atoms in total. The molecule has 1 aliphatic carbocycles. The lowest BCUT2D eigenvalue weighted by atomic mass is 9.76. The number of nitriles is 1. The molecule has 0 aromatic heterocycles. The number of hydrogen-bond donors (Lipinski definition) is 3. The zero-order valence-electron chi connectivity index (χ0n) is 16.3. The molecule has 4 rings (SSSR count). The first-order chi connectivity index (χ1) is 13.9. The Hall–Kier alpha value is -2.05. The molecule has 7 unspecified atom stereocenters. The first kappa shape index (κ1) is 20.2. The summed E-state index contributed by atoms with van der Waals surface area (Å²) in [5, 5.41) is 18.3. The molecule has 8 atom stereocenters. The third-order valence-corrected chi connectivity index (χ3v) is 6.77. The third-order valence-electron chi connectivity index (χ3n) is 6.77. The molecule has 9 heteroatoms. The van der Waals surface area contributed by atoms with Crippen LogP contribution in [0.2, 0.25) is 0 Å². The van der Waals surface area contributed by atoms with Crippen molar-refractivity contribution in [3.63, 3.8) is 0 Å². The molecule has 4 aliphatic rings. The van der Waals surface area contributed by atoms with Gasteiger partial charge in [-0.3, -0.25) is 9.59 Å². The fraction of sp³-hybridized carbons (Fsp3) is 0.750. The molecule has 2 amide bonds. The van der Waals surface area contributed by atoms with Gasteiger partial charge in [0.25, 0.3) is 0 Å². The van der Waals surface area contributed by atoms with Gasteiger partial charge in [-0.05, 0) is 19.9 Å². The van der Waals surface area contributed by atoms with Gasteiger partial charge in [0.2, 0.25) is 11.8 Å². The standard InChI is InChI=1S/C20H26F2N4O3/c1-9-11(20(28)26-13-2-3-24-14(7-23)18(9)13)6-17(27)25-15-8-29-16-5-10(21)4-12(22)19(15)16/h10,12-16,18-19,24H,2-6,8H2,1H3,(H,25,27)(H,26,28)/t10?,12?,13?,14?,15-,16?,18?,19?/m0/s1. The summed E-state index contributed by atoms with van der Waals surface area (Å²) in [6, 6.07) is 1.17. The van der Waals surface area contributed by atoms with Gasteiger partial charge in [0.05, 0.1) is 31.2 Å². The summed E-state index contributed by atoms with van der Waals surface area (Å²) in [4.78, 5) is 25.2. The molecule has 3 N–H and O–H groups in total. The number of amides is 2. The Kier molecular flexibility index (Phi) is 5.58. The van der Waals surface area contributed by atoms with Crippen LogP contribution in [0.4, 0.5) is 8.78 Å². The Balaban J connectivity index is 1.45. The number of carbonyl (C=O) groups excluding carboxylic acids is 2. The Morgan fingerprint density at radius 1 is 1.38 bits per heavy atom. The molecule has 3 fully saturated rings. The highest BCUT2D eigenvalue weighted by Crippen LogP contribution is 2.38. The molecule has 1 saturated carbocycles. The van der Waals surface area contributed by atoms with E-state index in [1.54, 1.807) is 6.92 Å². The zero-order valence-corrected chi connectivity index (χ0v) is 16.3. The summed E-state index contributed by atoms with van der Waals surface area (Å²) in [5.41, 5.74) is 1.10. The van der Waals surface area contributed by atoms with Crippen molar-refractivity contribution in [1.29, 1.82) is 5.26 Å². The molecule has 3 heterocycles. The smallest absolute Gasteiger partial charge is 0.247 e. The van der Waals surface area contributed by atoms with Gasteiger partial charge in [-0.15, -0.1) is 0 Å². The second-order valence-electron chi connectivity index (χ2n) is 8.50. The van der Waals surface area contributed by atoms with Crippen LogP contribution >= 0.6 is 0 Å². The Morgan fingerprint density at radius 3 is 2.93 bits per heavy atom. The molecule has 0 bridgehead atoms. The highest BCUT2D eigenvalue weighted by Gasteiger charge is 2.48. The minimum atomic E-state index is -1.36. The molecular weight excluding hydrogens is 382 g/mol. The van der Waals surface area contributed by atoms with E-state index in [9.17, 15) is 23.6 Å². The maximum absolute atomic E-state index is 14.4. The second kappa shape index (κ2) is 8.00. The van der Waals surface area contributed by atoms with Gasteiger partial charge in [-0.25, -0.2) is 8.78 Å². The van der Waals surface area contributed by atoms with E-state index in [-0.39, 0.29) is 43.7 Å². The normalized spacial score (nSPS) is 41.8. The van der Waals surface area contributed by atoms with Crippen LogP contribution in [0.3, 0.4) is 0 Å². The SMILES string of the molecule is CC1=C(CC(=O)N[C@H]2COC3CC(F)CC(F)C32)C(=O)NC2CCNC(C#N)C12. The monoisotopic (exact) mass is 408 g/mol. The van der Waals surface area contributed by atoms with Gasteiger partial charge in [-0.2, -0.15) is 5.26 Å². The number of ether oxygens (including phenoxy) is 1. The van der Waals surface area contributed by atoms with Crippen LogP contribution in [-0.4, -0.2) is 61.5 Å². The van der Waals surface area contributed by atoms with Crippen molar-refractivity contribution < 1.29 is 23.1 Å². The maximum Gasteiger partial charge on any atom is 0.247 e. The lowest BCUT2D eigenvalue weighted by Crippen LogP contribution is -2.58. The highest BCUT2D eigenvalue weighted by molar-refractivity contribution is 6.00. The van der Waals surface area contributed by atoms with Crippen LogP contribution in [0, 0.1) is 23.2 Å². The van der Waals surface area contributed by atoms with Crippen LogP contribution < -0.4 is 16.0 Å². The van der Waals surface area contributed by atoms with Crippen molar-refractivity contribution in [1.82, 2.24) is 16.0 Å². The van der Waals surface area contributed by atoms with Crippen molar-refractivity contribution in [2.75, 3.05) is 13.2 Å². The van der Waals surface area contributed by atoms with Crippen LogP contribution in [-0.2, 0) is 14.3 Å². The average molecular weight is 408 g/mol. The maximum atomic E-state index is 14.4. The number of rotatable bonds is 3. The second-order valence-corrected chi connectivity index (χ2v) is 8.50. The lowest BCUT2D eigenvalue weighted by Gasteiger charge is -2.41. The number of fused-ring (bicyclic) bond motifs is 2.